The Hall–Kier alpha value is -1.29. The van der Waals surface area contributed by atoms with Gasteiger partial charge in [0.05, 0.1) is 6.04 Å². The van der Waals surface area contributed by atoms with Crippen LogP contribution >= 0.6 is 35.7 Å². The smallest absolute Gasteiger partial charge is 0.191 e. The van der Waals surface area contributed by atoms with Crippen molar-refractivity contribution in [3.8, 4) is 0 Å². The van der Waals surface area contributed by atoms with Crippen molar-refractivity contribution < 1.29 is 0 Å². The minimum Gasteiger partial charge on any atom is -0.355 e. The normalized spacial score (nSPS) is 17.8. The third-order valence-electron chi connectivity index (χ3n) is 4.15. The number of nitrogens with one attached hydrogen (secondary N) is 2. The molecule has 0 saturated heterocycles. The number of hydrogen-bond acceptors (Lipinski definition) is 4. The van der Waals surface area contributed by atoms with E-state index in [1.165, 1.54) is 4.90 Å². The first-order valence-corrected chi connectivity index (χ1v) is 9.64. The molecular weight excluding hydrogens is 459 g/mol. The van der Waals surface area contributed by atoms with Crippen LogP contribution < -0.4 is 10.6 Å². The second kappa shape index (κ2) is 10.1. The molecule has 0 fully saturated rings. The second-order valence-electron chi connectivity index (χ2n) is 6.27. The van der Waals surface area contributed by atoms with Gasteiger partial charge in [-0.3, -0.25) is 4.99 Å². The van der Waals surface area contributed by atoms with E-state index < -0.39 is 0 Å². The fourth-order valence-electron chi connectivity index (χ4n) is 2.98. The maximum Gasteiger partial charge on any atom is 0.191 e. The minimum absolute atomic E-state index is 0. The highest BCUT2D eigenvalue weighted by Gasteiger charge is 2.24. The SMILES string of the molecule is CN=C(NCC(C)Sc1ccccc1)NC1CCCn2nc(C)nc21.I. The van der Waals surface area contributed by atoms with Gasteiger partial charge < -0.3 is 10.6 Å². The van der Waals surface area contributed by atoms with E-state index in [0.717, 1.165) is 43.5 Å². The highest BCUT2D eigenvalue weighted by molar-refractivity contribution is 14.0. The first-order chi connectivity index (χ1) is 12.2. The Balaban J connectivity index is 0.00000243. The molecule has 1 aromatic heterocycles. The molecule has 2 N–H and O–H groups in total. The molecule has 0 saturated carbocycles. The van der Waals surface area contributed by atoms with E-state index in [2.05, 4.69) is 56.9 Å². The molecule has 0 aliphatic carbocycles. The molecule has 6 nitrogen and oxygen atoms in total. The number of aliphatic imine (C=N–C) groups is 1. The maximum atomic E-state index is 4.57. The molecule has 0 radical (unpaired) electrons. The average molecular weight is 486 g/mol. The molecule has 1 aliphatic rings. The number of guanidine groups is 1. The zero-order valence-electron chi connectivity index (χ0n) is 15.5. The van der Waals surface area contributed by atoms with Crippen molar-refractivity contribution in [2.75, 3.05) is 13.6 Å². The van der Waals surface area contributed by atoms with Crippen LogP contribution in [0.3, 0.4) is 0 Å². The number of nitrogens with zero attached hydrogens (tertiary/aromatic N) is 4. The summed E-state index contributed by atoms with van der Waals surface area (Å²) in [4.78, 5) is 10.2. The summed E-state index contributed by atoms with van der Waals surface area (Å²) in [6, 6.07) is 10.6. The molecule has 2 heterocycles. The van der Waals surface area contributed by atoms with Gasteiger partial charge in [0, 0.05) is 30.3 Å². The van der Waals surface area contributed by atoms with Gasteiger partial charge >= 0.3 is 0 Å². The summed E-state index contributed by atoms with van der Waals surface area (Å²) in [5.74, 6) is 2.66. The van der Waals surface area contributed by atoms with Crippen LogP contribution in [0.25, 0.3) is 0 Å². The molecule has 2 atom stereocenters. The van der Waals surface area contributed by atoms with Crippen molar-refractivity contribution in [2.24, 2.45) is 4.99 Å². The first kappa shape index (κ1) is 21.0. The van der Waals surface area contributed by atoms with Gasteiger partial charge in [-0.05, 0) is 31.9 Å². The fraction of sp³-hybridized carbons (Fsp3) is 0.500. The molecule has 1 aromatic carbocycles. The zero-order valence-corrected chi connectivity index (χ0v) is 18.6. The van der Waals surface area contributed by atoms with Crippen LogP contribution in [0.2, 0.25) is 0 Å². The zero-order chi connectivity index (χ0) is 17.6. The number of fused-ring (bicyclic) bond motifs is 1. The van der Waals surface area contributed by atoms with E-state index in [0.29, 0.717) is 5.25 Å². The van der Waals surface area contributed by atoms with Crippen LogP contribution in [-0.2, 0) is 6.54 Å². The van der Waals surface area contributed by atoms with Crippen LogP contribution in [-0.4, -0.2) is 39.6 Å². The van der Waals surface area contributed by atoms with Crippen molar-refractivity contribution >= 4 is 41.7 Å². The van der Waals surface area contributed by atoms with Crippen molar-refractivity contribution in [3.63, 3.8) is 0 Å². The van der Waals surface area contributed by atoms with Crippen molar-refractivity contribution in [1.82, 2.24) is 25.4 Å². The highest BCUT2D eigenvalue weighted by Crippen LogP contribution is 2.23. The number of benzene rings is 1. The predicted molar refractivity (Wildman–Crippen MR) is 118 cm³/mol. The lowest BCUT2D eigenvalue weighted by molar-refractivity contribution is 0.398. The molecule has 0 spiro atoms. The Kier molecular flexibility index (Phi) is 8.20. The molecular formula is C18H27IN6S. The van der Waals surface area contributed by atoms with Gasteiger partial charge in [-0.15, -0.1) is 35.7 Å². The lowest BCUT2D eigenvalue weighted by Crippen LogP contribution is -2.43. The lowest BCUT2D eigenvalue weighted by Gasteiger charge is -2.25. The van der Waals surface area contributed by atoms with Gasteiger partial charge in [0.2, 0.25) is 0 Å². The number of rotatable bonds is 5. The summed E-state index contributed by atoms with van der Waals surface area (Å²) in [5.41, 5.74) is 0. The summed E-state index contributed by atoms with van der Waals surface area (Å²) in [6.45, 7) is 5.96. The molecule has 3 rings (SSSR count). The number of halogens is 1. The fourth-order valence-corrected chi connectivity index (χ4v) is 3.92. The largest absolute Gasteiger partial charge is 0.355 e. The number of aromatic nitrogens is 3. The van der Waals surface area contributed by atoms with Gasteiger partial charge in [-0.25, -0.2) is 9.67 Å². The molecule has 8 heteroatoms. The van der Waals surface area contributed by atoms with Crippen molar-refractivity contribution in [1.29, 1.82) is 0 Å². The van der Waals surface area contributed by atoms with E-state index in [1.807, 2.05) is 36.5 Å². The van der Waals surface area contributed by atoms with Crippen LogP contribution in [0.4, 0.5) is 0 Å². The Bertz CT molecular complexity index is 718. The Labute approximate surface area is 176 Å². The molecule has 0 amide bonds. The van der Waals surface area contributed by atoms with Gasteiger partial charge in [0.15, 0.2) is 5.96 Å². The number of aryl methyl sites for hydroxylation is 2. The average Bonchev–Trinajstić information content (AvgIpc) is 3.00. The lowest BCUT2D eigenvalue weighted by atomic mass is 10.1. The van der Waals surface area contributed by atoms with Crippen LogP contribution in [0.15, 0.2) is 40.2 Å². The monoisotopic (exact) mass is 486 g/mol. The third kappa shape index (κ3) is 5.60. The van der Waals surface area contributed by atoms with E-state index in [-0.39, 0.29) is 30.0 Å². The standard InChI is InChI=1S/C18H26N6S.HI/c1-13(25-15-8-5-4-6-9-15)12-20-18(19-3)22-16-10-7-11-24-17(16)21-14(2)23-24;/h4-6,8-9,13,16H,7,10-12H2,1-3H3,(H2,19,20,22);1H. The summed E-state index contributed by atoms with van der Waals surface area (Å²) >= 11 is 1.86. The van der Waals surface area contributed by atoms with E-state index in [4.69, 9.17) is 0 Å². The highest BCUT2D eigenvalue weighted by atomic mass is 127. The Morgan fingerprint density at radius 1 is 1.38 bits per heavy atom. The van der Waals surface area contributed by atoms with Gasteiger partial charge in [-0.1, -0.05) is 25.1 Å². The van der Waals surface area contributed by atoms with Crippen LogP contribution in [0.5, 0.6) is 0 Å². The second-order valence-corrected chi connectivity index (χ2v) is 7.79. The summed E-state index contributed by atoms with van der Waals surface area (Å²) in [7, 11) is 1.81. The van der Waals surface area contributed by atoms with E-state index in [9.17, 15) is 0 Å². The van der Waals surface area contributed by atoms with Gasteiger partial charge in [0.25, 0.3) is 0 Å². The Morgan fingerprint density at radius 3 is 2.88 bits per heavy atom. The summed E-state index contributed by atoms with van der Waals surface area (Å²) in [5, 5.41) is 11.8. The predicted octanol–water partition coefficient (Wildman–Crippen LogP) is 3.39. The first-order valence-electron chi connectivity index (χ1n) is 8.76. The van der Waals surface area contributed by atoms with Gasteiger partial charge in [0.1, 0.15) is 11.6 Å². The summed E-state index contributed by atoms with van der Waals surface area (Å²) in [6.07, 6.45) is 2.15. The minimum atomic E-state index is 0. The van der Waals surface area contributed by atoms with Crippen molar-refractivity contribution in [3.05, 3.63) is 42.0 Å². The third-order valence-corrected chi connectivity index (χ3v) is 5.27. The maximum absolute atomic E-state index is 4.57. The molecule has 0 bridgehead atoms. The van der Waals surface area contributed by atoms with Crippen LogP contribution in [0, 0.1) is 6.92 Å². The van der Waals surface area contributed by atoms with Crippen LogP contribution in [0.1, 0.15) is 37.5 Å². The summed E-state index contributed by atoms with van der Waals surface area (Å²) < 4.78 is 2.01. The molecule has 142 valence electrons. The van der Waals surface area contributed by atoms with Gasteiger partial charge in [-0.2, -0.15) is 5.10 Å². The van der Waals surface area contributed by atoms with Crippen molar-refractivity contribution in [2.45, 2.75) is 49.4 Å². The Morgan fingerprint density at radius 2 is 2.15 bits per heavy atom. The van der Waals surface area contributed by atoms with E-state index >= 15 is 0 Å². The number of thioether (sulfide) groups is 1. The number of hydrogen-bond donors (Lipinski definition) is 2. The van der Waals surface area contributed by atoms with E-state index in [1.54, 1.807) is 0 Å². The molecule has 2 aromatic rings. The molecule has 26 heavy (non-hydrogen) atoms. The molecule has 1 aliphatic heterocycles. The topological polar surface area (TPSA) is 67.1 Å². The quantitative estimate of drug-likeness (QED) is 0.294. The molecule has 2 unspecified atom stereocenters.